The first-order valence-electron chi connectivity index (χ1n) is 10.1. The molecule has 2 aromatic carbocycles. The highest BCUT2D eigenvalue weighted by molar-refractivity contribution is 7.18. The van der Waals surface area contributed by atoms with E-state index in [9.17, 15) is 18.4 Å². The molecule has 2 heterocycles. The average Bonchev–Trinajstić information content (AvgIpc) is 3.18. The lowest BCUT2D eigenvalue weighted by molar-refractivity contribution is 0.0810. The number of nitrogens with zero attached hydrogens (tertiary/aromatic N) is 2. The monoisotopic (exact) mass is 504 g/mol. The van der Waals surface area contributed by atoms with Crippen LogP contribution in [0, 0.1) is 11.6 Å². The largest absolute Gasteiger partial charge is 0.496 e. The van der Waals surface area contributed by atoms with Crippen LogP contribution in [0.4, 0.5) is 19.7 Å². The van der Waals surface area contributed by atoms with E-state index in [4.69, 9.17) is 22.1 Å². The van der Waals surface area contributed by atoms with Crippen molar-refractivity contribution in [1.29, 1.82) is 0 Å². The van der Waals surface area contributed by atoms with Crippen molar-refractivity contribution >= 4 is 45.6 Å². The highest BCUT2D eigenvalue weighted by Crippen LogP contribution is 2.31. The van der Waals surface area contributed by atoms with Crippen LogP contribution >= 0.6 is 22.9 Å². The number of nitrogens with one attached hydrogen (secondary N) is 1. The summed E-state index contributed by atoms with van der Waals surface area (Å²) in [6.45, 7) is 0.399. The zero-order chi connectivity index (χ0) is 24.4. The predicted octanol–water partition coefficient (Wildman–Crippen LogP) is 4.74. The number of hydrogen-bond donors (Lipinski definition) is 2. The zero-order valence-electron chi connectivity index (χ0n) is 17.8. The van der Waals surface area contributed by atoms with Crippen molar-refractivity contribution in [2.45, 2.75) is 12.5 Å². The Hall–Kier alpha value is -3.50. The molecule has 0 fully saturated rings. The Bertz CT molecular complexity index is 1280. The fraction of sp³-hybridized carbons (Fsp3) is 0.174. The molecular formula is C23H19ClF2N4O3S. The van der Waals surface area contributed by atoms with Crippen LogP contribution in [0.3, 0.4) is 0 Å². The van der Waals surface area contributed by atoms with Gasteiger partial charge in [-0.05, 0) is 42.8 Å². The number of carbonyl (C=O) groups excluding carboxylic acids is 2. The van der Waals surface area contributed by atoms with Gasteiger partial charge in [-0.25, -0.2) is 13.8 Å². The molecule has 0 aliphatic carbocycles. The van der Waals surface area contributed by atoms with Gasteiger partial charge in [0.2, 0.25) is 5.78 Å². The maximum absolute atomic E-state index is 14.0. The number of hydrogen-bond acceptors (Lipinski definition) is 7. The Morgan fingerprint density at radius 2 is 2.00 bits per heavy atom. The van der Waals surface area contributed by atoms with E-state index in [-0.39, 0.29) is 22.6 Å². The molecule has 0 radical (unpaired) electrons. The molecular weight excluding hydrogens is 486 g/mol. The first kappa shape index (κ1) is 23.7. The fourth-order valence-electron chi connectivity index (χ4n) is 3.49. The number of ketones is 1. The molecule has 1 aliphatic rings. The van der Waals surface area contributed by atoms with E-state index in [0.717, 1.165) is 23.5 Å². The van der Waals surface area contributed by atoms with Gasteiger partial charge in [0.05, 0.1) is 18.2 Å². The minimum atomic E-state index is -0.969. The summed E-state index contributed by atoms with van der Waals surface area (Å²) in [5.74, 6) is -2.76. The molecule has 11 heteroatoms. The maximum atomic E-state index is 14.0. The number of amides is 1. The Morgan fingerprint density at radius 3 is 2.65 bits per heavy atom. The molecule has 0 saturated heterocycles. The third-order valence-corrected chi connectivity index (χ3v) is 6.43. The smallest absolute Gasteiger partial charge is 0.261 e. The molecule has 0 saturated carbocycles. The Balaban J connectivity index is 1.47. The minimum Gasteiger partial charge on any atom is -0.496 e. The van der Waals surface area contributed by atoms with Crippen molar-refractivity contribution in [3.63, 3.8) is 0 Å². The average molecular weight is 505 g/mol. The topological polar surface area (TPSA) is 97.6 Å². The molecule has 0 spiro atoms. The number of thiazole rings is 1. The normalized spacial score (nSPS) is 15.3. The molecule has 4 rings (SSSR count). The van der Waals surface area contributed by atoms with Gasteiger partial charge in [0.25, 0.3) is 5.91 Å². The molecule has 1 unspecified atom stereocenters. The highest BCUT2D eigenvalue weighted by atomic mass is 35.5. The van der Waals surface area contributed by atoms with Crippen LogP contribution in [0.1, 0.15) is 32.0 Å². The first-order chi connectivity index (χ1) is 16.3. The molecule has 176 valence electrons. The molecule has 1 aromatic heterocycles. The quantitative estimate of drug-likeness (QED) is 0.471. The number of aromatic nitrogens is 1. The third-order valence-electron chi connectivity index (χ3n) is 5.19. The van der Waals surface area contributed by atoms with Crippen LogP contribution < -0.4 is 15.8 Å². The van der Waals surface area contributed by atoms with Gasteiger partial charge in [0, 0.05) is 23.8 Å². The summed E-state index contributed by atoms with van der Waals surface area (Å²) in [4.78, 5) is 31.1. The highest BCUT2D eigenvalue weighted by Gasteiger charge is 2.26. The van der Waals surface area contributed by atoms with Gasteiger partial charge in [-0.15, -0.1) is 0 Å². The number of carbonyl (C=O) groups is 2. The van der Waals surface area contributed by atoms with Crippen LogP contribution in [0.2, 0.25) is 5.02 Å². The van der Waals surface area contributed by atoms with Gasteiger partial charge in [0.1, 0.15) is 28.1 Å². The van der Waals surface area contributed by atoms with Crippen molar-refractivity contribution in [1.82, 2.24) is 9.88 Å². The molecule has 3 aromatic rings. The lowest BCUT2D eigenvalue weighted by atomic mass is 10.1. The lowest BCUT2D eigenvalue weighted by Gasteiger charge is -2.27. The Morgan fingerprint density at radius 1 is 1.26 bits per heavy atom. The van der Waals surface area contributed by atoms with Crippen LogP contribution in [0.15, 0.2) is 48.7 Å². The maximum Gasteiger partial charge on any atom is 0.261 e. The van der Waals surface area contributed by atoms with E-state index in [0.29, 0.717) is 34.4 Å². The van der Waals surface area contributed by atoms with Crippen LogP contribution in [0.25, 0.3) is 0 Å². The second-order valence-corrected chi connectivity index (χ2v) is 8.82. The summed E-state index contributed by atoms with van der Waals surface area (Å²) in [6.07, 6.45) is 3.95. The second-order valence-electron chi connectivity index (χ2n) is 7.38. The Labute approximate surface area is 202 Å². The van der Waals surface area contributed by atoms with Crippen molar-refractivity contribution in [2.24, 2.45) is 0 Å². The summed E-state index contributed by atoms with van der Waals surface area (Å²) in [7, 11) is 1.48. The summed E-state index contributed by atoms with van der Waals surface area (Å²) in [5.41, 5.74) is 5.53. The van der Waals surface area contributed by atoms with Crippen molar-refractivity contribution in [3.8, 4) is 5.75 Å². The van der Waals surface area contributed by atoms with Gasteiger partial charge in [-0.2, -0.15) is 0 Å². The number of methoxy groups -OCH3 is 1. The standard InChI is InChI=1S/C23H19ClF2N4O3S/c1-33-17-6-5-12(24)11-14(17)22(32)30-9-7-13(8-10-30)28-23-29-21(27)20(34-23)19(31)18-15(25)3-2-4-16(18)26/h2-7,9,11,13H,8,10,27H2,1H3,(H,28,29). The third kappa shape index (κ3) is 4.73. The second kappa shape index (κ2) is 9.78. The molecule has 0 bridgehead atoms. The lowest BCUT2D eigenvalue weighted by Crippen LogP contribution is -2.35. The fourth-order valence-corrected chi connectivity index (χ4v) is 4.56. The van der Waals surface area contributed by atoms with Crippen LogP contribution in [-0.2, 0) is 0 Å². The van der Waals surface area contributed by atoms with Gasteiger partial charge >= 0.3 is 0 Å². The molecule has 1 amide bonds. The molecule has 1 aliphatic heterocycles. The van der Waals surface area contributed by atoms with Crippen molar-refractivity contribution in [2.75, 3.05) is 24.7 Å². The van der Waals surface area contributed by atoms with Crippen molar-refractivity contribution in [3.05, 3.63) is 81.3 Å². The van der Waals surface area contributed by atoms with Crippen LogP contribution in [-0.4, -0.2) is 41.3 Å². The van der Waals surface area contributed by atoms with E-state index in [2.05, 4.69) is 10.3 Å². The molecule has 34 heavy (non-hydrogen) atoms. The van der Waals surface area contributed by atoms with Crippen LogP contribution in [0.5, 0.6) is 5.75 Å². The summed E-state index contributed by atoms with van der Waals surface area (Å²) in [5, 5.41) is 3.87. The van der Waals surface area contributed by atoms with Gasteiger partial charge < -0.3 is 20.7 Å². The number of anilines is 2. The van der Waals surface area contributed by atoms with E-state index < -0.39 is 23.0 Å². The predicted molar refractivity (Wildman–Crippen MR) is 127 cm³/mol. The number of nitrogens with two attached hydrogens (primary N) is 1. The molecule has 7 nitrogen and oxygen atoms in total. The number of ether oxygens (including phenoxy) is 1. The Kier molecular flexibility index (Phi) is 6.80. The molecule has 1 atom stereocenters. The zero-order valence-corrected chi connectivity index (χ0v) is 19.4. The number of halogens is 3. The van der Waals surface area contributed by atoms with E-state index in [1.54, 1.807) is 35.4 Å². The van der Waals surface area contributed by atoms with Gasteiger partial charge in [-0.3, -0.25) is 9.59 Å². The number of rotatable bonds is 6. The first-order valence-corrected chi connectivity index (χ1v) is 11.3. The SMILES string of the molecule is COc1ccc(Cl)cc1C(=O)N1C=CC(Nc2nc(N)c(C(=O)c3c(F)cccc3F)s2)CC1. The summed E-state index contributed by atoms with van der Waals surface area (Å²) < 4.78 is 33.3. The van der Waals surface area contributed by atoms with Gasteiger partial charge in [0.15, 0.2) is 5.13 Å². The van der Waals surface area contributed by atoms with E-state index in [1.165, 1.54) is 13.2 Å². The van der Waals surface area contributed by atoms with E-state index >= 15 is 0 Å². The number of benzene rings is 2. The molecule has 3 N–H and O–H groups in total. The van der Waals surface area contributed by atoms with Gasteiger partial charge in [-0.1, -0.05) is 29.0 Å². The minimum absolute atomic E-state index is 0.0591. The summed E-state index contributed by atoms with van der Waals surface area (Å²) in [6, 6.07) is 7.81. The summed E-state index contributed by atoms with van der Waals surface area (Å²) >= 11 is 6.94. The van der Waals surface area contributed by atoms with E-state index in [1.807, 2.05) is 0 Å². The number of nitrogen functional groups attached to an aromatic ring is 1. The van der Waals surface area contributed by atoms with Crippen molar-refractivity contribution < 1.29 is 23.1 Å².